The second kappa shape index (κ2) is 7.95. The molecule has 2 rings (SSSR count). The molecule has 21 heavy (non-hydrogen) atoms. The first kappa shape index (κ1) is 15.7. The molecule has 1 aliphatic rings. The molecule has 1 saturated heterocycles. The molecule has 1 aromatic rings. The number of benzene rings is 1. The van der Waals surface area contributed by atoms with Gasteiger partial charge in [0, 0.05) is 37.5 Å². The second-order valence-corrected chi connectivity index (χ2v) is 4.91. The second-order valence-electron chi connectivity index (χ2n) is 4.91. The third-order valence-electron chi connectivity index (χ3n) is 3.45. The Bertz CT molecular complexity index is 422. The van der Waals surface area contributed by atoms with E-state index in [9.17, 15) is 0 Å². The van der Waals surface area contributed by atoms with Crippen molar-refractivity contribution in [1.82, 2.24) is 4.90 Å². The number of nitrogens with zero attached hydrogens (tertiary/aromatic N) is 1. The smallest absolute Gasteiger partial charge is 0.203 e. The largest absolute Gasteiger partial charge is 0.493 e. The van der Waals surface area contributed by atoms with E-state index < -0.39 is 0 Å². The molecule has 0 radical (unpaired) electrons. The van der Waals surface area contributed by atoms with Crippen LogP contribution in [-0.4, -0.2) is 58.6 Å². The molecular weight excluding hydrogens is 272 g/mol. The fraction of sp³-hybridized carbons (Fsp3) is 0.600. The number of rotatable bonds is 7. The first-order valence-corrected chi connectivity index (χ1v) is 7.19. The molecule has 0 spiro atoms. The number of ether oxygens (including phenoxy) is 4. The number of hydrogen-bond acceptors (Lipinski definition) is 6. The molecule has 0 aliphatic carbocycles. The number of nitrogen functional groups attached to an aromatic ring is 1. The average Bonchev–Trinajstić information content (AvgIpc) is 2.52. The van der Waals surface area contributed by atoms with Crippen molar-refractivity contribution in [2.45, 2.75) is 6.42 Å². The van der Waals surface area contributed by atoms with Crippen LogP contribution in [-0.2, 0) is 4.74 Å². The summed E-state index contributed by atoms with van der Waals surface area (Å²) in [6.07, 6.45) is 0.941. The fourth-order valence-electron chi connectivity index (χ4n) is 2.33. The molecule has 0 bridgehead atoms. The van der Waals surface area contributed by atoms with E-state index in [1.54, 1.807) is 26.4 Å². The zero-order chi connectivity index (χ0) is 15.1. The molecule has 0 amide bonds. The molecule has 6 nitrogen and oxygen atoms in total. The molecule has 2 N–H and O–H groups in total. The standard InChI is InChI=1S/C15H24N2O4/c1-18-13-10-12(16)11-14(19-2)15(13)21-7-3-4-17-5-8-20-9-6-17/h10-11H,3-9,16H2,1-2H3. The number of nitrogens with two attached hydrogens (primary N) is 1. The molecule has 1 aliphatic heterocycles. The van der Waals surface area contributed by atoms with Crippen LogP contribution >= 0.6 is 0 Å². The minimum atomic E-state index is 0.587. The summed E-state index contributed by atoms with van der Waals surface area (Å²) in [5.74, 6) is 1.80. The maximum absolute atomic E-state index is 5.83. The van der Waals surface area contributed by atoms with Gasteiger partial charge >= 0.3 is 0 Å². The Morgan fingerprint density at radius 1 is 1.14 bits per heavy atom. The molecule has 6 heteroatoms. The quantitative estimate of drug-likeness (QED) is 0.606. The predicted molar refractivity (Wildman–Crippen MR) is 81.3 cm³/mol. The zero-order valence-corrected chi connectivity index (χ0v) is 12.8. The van der Waals surface area contributed by atoms with Crippen LogP contribution in [0.4, 0.5) is 5.69 Å². The number of methoxy groups -OCH3 is 2. The maximum Gasteiger partial charge on any atom is 0.203 e. The Kier molecular flexibility index (Phi) is 5.95. The molecule has 0 saturated carbocycles. The summed E-state index contributed by atoms with van der Waals surface area (Å²) < 4.78 is 21.8. The van der Waals surface area contributed by atoms with E-state index >= 15 is 0 Å². The number of anilines is 1. The Labute approximate surface area is 125 Å². The lowest BCUT2D eigenvalue weighted by Gasteiger charge is -2.26. The fourth-order valence-corrected chi connectivity index (χ4v) is 2.33. The summed E-state index contributed by atoms with van der Waals surface area (Å²) in [4.78, 5) is 2.38. The van der Waals surface area contributed by atoms with Crippen LogP contribution in [0.2, 0.25) is 0 Å². The van der Waals surface area contributed by atoms with Gasteiger partial charge in [0.1, 0.15) is 0 Å². The van der Waals surface area contributed by atoms with Crippen molar-refractivity contribution in [3.8, 4) is 17.2 Å². The SMILES string of the molecule is COc1cc(N)cc(OC)c1OCCCN1CCOCC1. The van der Waals surface area contributed by atoms with Crippen LogP contribution in [0.25, 0.3) is 0 Å². The van der Waals surface area contributed by atoms with Crippen molar-refractivity contribution >= 4 is 5.69 Å². The van der Waals surface area contributed by atoms with Gasteiger partial charge in [-0.3, -0.25) is 4.90 Å². The van der Waals surface area contributed by atoms with E-state index in [4.69, 9.17) is 24.7 Å². The Balaban J connectivity index is 1.87. The van der Waals surface area contributed by atoms with Gasteiger partial charge in [-0.15, -0.1) is 0 Å². The lowest BCUT2D eigenvalue weighted by Crippen LogP contribution is -2.37. The third kappa shape index (κ3) is 4.41. The van der Waals surface area contributed by atoms with Gasteiger partial charge in [0.2, 0.25) is 5.75 Å². The summed E-state index contributed by atoms with van der Waals surface area (Å²) in [5, 5.41) is 0. The minimum absolute atomic E-state index is 0.587. The monoisotopic (exact) mass is 296 g/mol. The maximum atomic E-state index is 5.83. The van der Waals surface area contributed by atoms with Crippen molar-refractivity contribution < 1.29 is 18.9 Å². The van der Waals surface area contributed by atoms with Gasteiger partial charge in [-0.1, -0.05) is 0 Å². The highest BCUT2D eigenvalue weighted by Crippen LogP contribution is 2.39. The summed E-state index contributed by atoms with van der Waals surface area (Å²) in [5.41, 5.74) is 6.39. The van der Waals surface area contributed by atoms with Crippen LogP contribution in [0.5, 0.6) is 17.2 Å². The van der Waals surface area contributed by atoms with Crippen molar-refractivity contribution in [2.75, 3.05) is 59.4 Å². The van der Waals surface area contributed by atoms with Gasteiger partial charge in [-0.25, -0.2) is 0 Å². The Morgan fingerprint density at radius 3 is 2.33 bits per heavy atom. The van der Waals surface area contributed by atoms with Gasteiger partial charge in [0.25, 0.3) is 0 Å². The van der Waals surface area contributed by atoms with Crippen LogP contribution in [0.3, 0.4) is 0 Å². The van der Waals surface area contributed by atoms with E-state index in [-0.39, 0.29) is 0 Å². The van der Waals surface area contributed by atoms with E-state index in [0.717, 1.165) is 39.3 Å². The molecule has 118 valence electrons. The Hall–Kier alpha value is -1.66. The van der Waals surface area contributed by atoms with E-state index in [0.29, 0.717) is 29.5 Å². The normalized spacial score (nSPS) is 15.7. The summed E-state index contributed by atoms with van der Waals surface area (Å²) in [7, 11) is 3.18. The third-order valence-corrected chi connectivity index (χ3v) is 3.45. The molecule has 0 aromatic heterocycles. The molecule has 0 atom stereocenters. The first-order valence-electron chi connectivity index (χ1n) is 7.19. The Morgan fingerprint density at radius 2 is 1.76 bits per heavy atom. The van der Waals surface area contributed by atoms with Gasteiger partial charge in [-0.05, 0) is 6.42 Å². The van der Waals surface area contributed by atoms with Crippen LogP contribution in [0, 0.1) is 0 Å². The molecule has 1 heterocycles. The van der Waals surface area contributed by atoms with Crippen LogP contribution < -0.4 is 19.9 Å². The van der Waals surface area contributed by atoms with Crippen LogP contribution in [0.15, 0.2) is 12.1 Å². The highest BCUT2D eigenvalue weighted by molar-refractivity contribution is 5.60. The zero-order valence-electron chi connectivity index (χ0n) is 12.8. The molecular formula is C15H24N2O4. The molecule has 1 fully saturated rings. The summed E-state index contributed by atoms with van der Waals surface area (Å²) >= 11 is 0. The highest BCUT2D eigenvalue weighted by Gasteiger charge is 2.14. The summed E-state index contributed by atoms with van der Waals surface area (Å²) in [6.45, 7) is 5.24. The van der Waals surface area contributed by atoms with Gasteiger partial charge < -0.3 is 24.7 Å². The van der Waals surface area contributed by atoms with Gasteiger partial charge in [0.05, 0.1) is 34.0 Å². The lowest BCUT2D eigenvalue weighted by molar-refractivity contribution is 0.0357. The average molecular weight is 296 g/mol. The van der Waals surface area contributed by atoms with E-state index in [1.807, 2.05) is 0 Å². The van der Waals surface area contributed by atoms with Crippen LogP contribution in [0.1, 0.15) is 6.42 Å². The van der Waals surface area contributed by atoms with Gasteiger partial charge in [-0.2, -0.15) is 0 Å². The minimum Gasteiger partial charge on any atom is -0.493 e. The van der Waals surface area contributed by atoms with E-state index in [2.05, 4.69) is 4.90 Å². The first-order chi connectivity index (χ1) is 10.2. The number of morpholine rings is 1. The van der Waals surface area contributed by atoms with Crippen molar-refractivity contribution in [3.63, 3.8) is 0 Å². The van der Waals surface area contributed by atoms with Crippen molar-refractivity contribution in [3.05, 3.63) is 12.1 Å². The summed E-state index contributed by atoms with van der Waals surface area (Å²) in [6, 6.07) is 3.47. The molecule has 1 aromatic carbocycles. The van der Waals surface area contributed by atoms with Gasteiger partial charge in [0.15, 0.2) is 11.5 Å². The van der Waals surface area contributed by atoms with E-state index in [1.165, 1.54) is 0 Å². The number of hydrogen-bond donors (Lipinski definition) is 1. The predicted octanol–water partition coefficient (Wildman–Crippen LogP) is 1.39. The van der Waals surface area contributed by atoms with Crippen molar-refractivity contribution in [2.24, 2.45) is 0 Å². The highest BCUT2D eigenvalue weighted by atomic mass is 16.5. The topological polar surface area (TPSA) is 66.2 Å². The molecule has 0 unspecified atom stereocenters. The lowest BCUT2D eigenvalue weighted by atomic mass is 10.2. The van der Waals surface area contributed by atoms with Crippen molar-refractivity contribution in [1.29, 1.82) is 0 Å².